The molecule has 3 aliphatic carbocycles. The monoisotopic (exact) mass is 383 g/mol. The van der Waals surface area contributed by atoms with E-state index in [1.165, 1.54) is 11.1 Å². The number of hydrogen-bond donors (Lipinski definition) is 1. The van der Waals surface area contributed by atoms with E-state index in [9.17, 15) is 14.7 Å². The van der Waals surface area contributed by atoms with Gasteiger partial charge in [0.1, 0.15) is 11.5 Å². The van der Waals surface area contributed by atoms with Crippen LogP contribution in [0, 0.1) is 23.2 Å². The predicted molar refractivity (Wildman–Crippen MR) is 109 cm³/mol. The molecule has 1 aromatic rings. The van der Waals surface area contributed by atoms with Crippen molar-refractivity contribution in [3.8, 4) is 5.75 Å². The first-order valence-corrected chi connectivity index (χ1v) is 11.0. The molecule has 152 valence electrons. The number of carbonyl (C=O) groups is 2. The molecule has 0 spiro atoms. The van der Waals surface area contributed by atoms with Gasteiger partial charge in [-0.05, 0) is 87.0 Å². The van der Waals surface area contributed by atoms with Crippen LogP contribution in [0.5, 0.6) is 5.75 Å². The van der Waals surface area contributed by atoms with Crippen molar-refractivity contribution in [2.75, 3.05) is 13.1 Å². The standard InChI is InChI=1S/C24H33NO3/c1-4-25(5-2)22(27)14-16-13-21-20-8-6-15-12-17(26)7-9-18(15)19(20)10-11-24(21,3)23(16)28/h7,9,12,16,19-21,26H,4-6,8,10-11,13-14H2,1-3H3/t16-,19-,20-,21+,24+/m1/s1. The number of aryl methyl sites for hydroxylation is 1. The number of amides is 1. The van der Waals surface area contributed by atoms with E-state index in [-0.39, 0.29) is 17.2 Å². The first-order valence-electron chi connectivity index (χ1n) is 11.0. The predicted octanol–water partition coefficient (Wildman–Crippen LogP) is 4.30. The van der Waals surface area contributed by atoms with Crippen LogP contribution in [0.3, 0.4) is 0 Å². The minimum Gasteiger partial charge on any atom is -0.508 e. The summed E-state index contributed by atoms with van der Waals surface area (Å²) in [7, 11) is 0. The summed E-state index contributed by atoms with van der Waals surface area (Å²) in [5, 5.41) is 9.83. The van der Waals surface area contributed by atoms with Gasteiger partial charge in [-0.25, -0.2) is 0 Å². The number of ketones is 1. The maximum atomic E-state index is 13.4. The van der Waals surface area contributed by atoms with Gasteiger partial charge < -0.3 is 10.0 Å². The van der Waals surface area contributed by atoms with Gasteiger partial charge in [-0.15, -0.1) is 0 Å². The van der Waals surface area contributed by atoms with E-state index in [1.807, 2.05) is 24.8 Å². The van der Waals surface area contributed by atoms with E-state index in [1.54, 1.807) is 6.07 Å². The Morgan fingerprint density at radius 1 is 1.25 bits per heavy atom. The van der Waals surface area contributed by atoms with Gasteiger partial charge in [0.05, 0.1) is 0 Å². The lowest BCUT2D eigenvalue weighted by Gasteiger charge is -2.48. The number of phenols is 1. The number of benzene rings is 1. The molecule has 0 saturated heterocycles. The van der Waals surface area contributed by atoms with E-state index in [2.05, 4.69) is 13.0 Å². The topological polar surface area (TPSA) is 57.6 Å². The molecule has 0 radical (unpaired) electrons. The van der Waals surface area contributed by atoms with Crippen molar-refractivity contribution in [2.24, 2.45) is 23.2 Å². The van der Waals surface area contributed by atoms with Crippen LogP contribution in [-0.4, -0.2) is 34.8 Å². The molecule has 0 bridgehead atoms. The van der Waals surface area contributed by atoms with Gasteiger partial charge in [0, 0.05) is 30.8 Å². The molecule has 4 heteroatoms. The van der Waals surface area contributed by atoms with Crippen LogP contribution in [0.4, 0.5) is 0 Å². The van der Waals surface area contributed by atoms with Crippen LogP contribution < -0.4 is 0 Å². The SMILES string of the molecule is CCN(CC)C(=O)C[C@H]1C[C@H]2[C@@H]3CCc4cc(O)ccc4[C@H]3CC[C@]2(C)C1=O. The summed E-state index contributed by atoms with van der Waals surface area (Å²) in [5.41, 5.74) is 2.40. The van der Waals surface area contributed by atoms with Crippen molar-refractivity contribution in [2.45, 2.75) is 65.2 Å². The highest BCUT2D eigenvalue weighted by Gasteiger charge is 2.58. The highest BCUT2D eigenvalue weighted by atomic mass is 16.3. The molecule has 1 aromatic carbocycles. The number of fused-ring (bicyclic) bond motifs is 5. The zero-order valence-electron chi connectivity index (χ0n) is 17.4. The Kier molecular flexibility index (Phi) is 5.01. The number of aromatic hydroxyl groups is 1. The molecule has 4 rings (SSSR count). The third kappa shape index (κ3) is 2.96. The summed E-state index contributed by atoms with van der Waals surface area (Å²) in [5.74, 6) is 2.11. The number of carbonyl (C=O) groups excluding carboxylic acids is 2. The average molecular weight is 384 g/mol. The molecular formula is C24H33NO3. The lowest BCUT2D eigenvalue weighted by molar-refractivity contribution is -0.137. The van der Waals surface area contributed by atoms with Gasteiger partial charge in [-0.1, -0.05) is 13.0 Å². The maximum absolute atomic E-state index is 13.4. The highest BCUT2D eigenvalue weighted by Crippen LogP contribution is 2.61. The zero-order valence-corrected chi connectivity index (χ0v) is 17.4. The fourth-order valence-electron chi connectivity index (χ4n) is 6.60. The van der Waals surface area contributed by atoms with Gasteiger partial charge in [-0.2, -0.15) is 0 Å². The number of nitrogens with zero attached hydrogens (tertiary/aromatic N) is 1. The van der Waals surface area contributed by atoms with Crippen molar-refractivity contribution in [3.63, 3.8) is 0 Å². The summed E-state index contributed by atoms with van der Waals surface area (Å²) < 4.78 is 0. The molecular weight excluding hydrogens is 350 g/mol. The molecule has 0 aromatic heterocycles. The number of Topliss-reactive ketones (excluding diaryl/α,β-unsaturated/α-hetero) is 1. The van der Waals surface area contributed by atoms with Gasteiger partial charge in [0.25, 0.3) is 0 Å². The van der Waals surface area contributed by atoms with Crippen molar-refractivity contribution in [1.82, 2.24) is 4.90 Å². The van der Waals surface area contributed by atoms with E-state index in [0.29, 0.717) is 48.8 Å². The van der Waals surface area contributed by atoms with Gasteiger partial charge >= 0.3 is 0 Å². The van der Waals surface area contributed by atoms with Crippen LogP contribution in [0.25, 0.3) is 0 Å². The lowest BCUT2D eigenvalue weighted by Crippen LogP contribution is -2.42. The molecule has 0 heterocycles. The molecule has 1 amide bonds. The fraction of sp³-hybridized carbons (Fsp3) is 0.667. The number of phenolic OH excluding ortho intramolecular Hbond substituents is 1. The second-order valence-electron chi connectivity index (χ2n) is 9.32. The van der Waals surface area contributed by atoms with E-state index in [0.717, 1.165) is 32.1 Å². The number of rotatable bonds is 4. The van der Waals surface area contributed by atoms with Gasteiger partial charge in [0.15, 0.2) is 0 Å². The maximum Gasteiger partial charge on any atom is 0.223 e. The largest absolute Gasteiger partial charge is 0.508 e. The normalized spacial score (nSPS) is 33.8. The van der Waals surface area contributed by atoms with Crippen LogP contribution in [-0.2, 0) is 16.0 Å². The first-order chi connectivity index (χ1) is 13.4. The van der Waals surface area contributed by atoms with Crippen molar-refractivity contribution in [1.29, 1.82) is 0 Å². The lowest BCUT2D eigenvalue weighted by atomic mass is 9.55. The molecule has 5 atom stereocenters. The summed E-state index contributed by atoms with van der Waals surface area (Å²) >= 11 is 0. The van der Waals surface area contributed by atoms with E-state index < -0.39 is 0 Å². The fourth-order valence-corrected chi connectivity index (χ4v) is 6.60. The Hall–Kier alpha value is -1.84. The average Bonchev–Trinajstić information content (AvgIpc) is 2.93. The van der Waals surface area contributed by atoms with Crippen LogP contribution in [0.1, 0.15) is 69.9 Å². The Morgan fingerprint density at radius 3 is 2.71 bits per heavy atom. The van der Waals surface area contributed by atoms with Crippen LogP contribution >= 0.6 is 0 Å². The van der Waals surface area contributed by atoms with Crippen molar-refractivity contribution < 1.29 is 14.7 Å². The van der Waals surface area contributed by atoms with Crippen molar-refractivity contribution >= 4 is 11.7 Å². The summed E-state index contributed by atoms with van der Waals surface area (Å²) in [4.78, 5) is 27.9. The van der Waals surface area contributed by atoms with Crippen LogP contribution in [0.15, 0.2) is 18.2 Å². The Balaban J connectivity index is 1.56. The highest BCUT2D eigenvalue weighted by molar-refractivity contribution is 5.93. The summed E-state index contributed by atoms with van der Waals surface area (Å²) in [6, 6.07) is 5.83. The number of hydrogen-bond acceptors (Lipinski definition) is 3. The second kappa shape index (κ2) is 7.20. The first kappa shape index (κ1) is 19.5. The Labute approximate surface area is 168 Å². The summed E-state index contributed by atoms with van der Waals surface area (Å²) in [6.45, 7) is 7.60. The van der Waals surface area contributed by atoms with E-state index in [4.69, 9.17) is 0 Å². The minimum absolute atomic E-state index is 0.108. The van der Waals surface area contributed by atoms with Crippen molar-refractivity contribution in [3.05, 3.63) is 29.3 Å². The van der Waals surface area contributed by atoms with Crippen LogP contribution in [0.2, 0.25) is 0 Å². The molecule has 2 saturated carbocycles. The van der Waals surface area contributed by atoms with E-state index >= 15 is 0 Å². The Bertz CT molecular complexity index is 784. The van der Waals surface area contributed by atoms with Gasteiger partial charge in [0.2, 0.25) is 5.91 Å². The zero-order chi connectivity index (χ0) is 20.1. The minimum atomic E-state index is -0.260. The molecule has 2 fully saturated rings. The molecule has 0 aliphatic heterocycles. The quantitative estimate of drug-likeness (QED) is 0.843. The second-order valence-corrected chi connectivity index (χ2v) is 9.32. The Morgan fingerprint density at radius 2 is 2.00 bits per heavy atom. The smallest absolute Gasteiger partial charge is 0.223 e. The molecule has 0 unspecified atom stereocenters. The molecule has 1 N–H and O–H groups in total. The third-order valence-electron chi connectivity index (χ3n) is 8.11. The van der Waals surface area contributed by atoms with Gasteiger partial charge in [-0.3, -0.25) is 9.59 Å². The third-order valence-corrected chi connectivity index (χ3v) is 8.11. The molecule has 3 aliphatic rings. The molecule has 4 nitrogen and oxygen atoms in total. The summed E-state index contributed by atoms with van der Waals surface area (Å²) in [6.07, 6.45) is 5.29. The molecule has 28 heavy (non-hydrogen) atoms.